The number of carbonyl (C=O) groups is 4. The van der Waals surface area contributed by atoms with Gasteiger partial charge in [-0.3, -0.25) is 19.3 Å². The maximum absolute atomic E-state index is 12.7. The fourth-order valence-corrected chi connectivity index (χ4v) is 4.66. The number of anilines is 1. The lowest BCUT2D eigenvalue weighted by Crippen LogP contribution is -2.42. The number of amides is 3. The molecule has 0 saturated carbocycles. The molecule has 3 rings (SSSR count). The van der Waals surface area contributed by atoms with Crippen LogP contribution in [0.25, 0.3) is 6.08 Å². The monoisotopic (exact) mass is 562 g/mol. The average Bonchev–Trinajstić information content (AvgIpc) is 3.10. The highest BCUT2D eigenvalue weighted by atomic mass is 79.9. The van der Waals surface area contributed by atoms with Crippen LogP contribution in [0.3, 0.4) is 0 Å². The number of benzene rings is 2. The number of ether oxygens (including phenoxy) is 3. The molecule has 0 unspecified atom stereocenters. The number of esters is 1. The van der Waals surface area contributed by atoms with E-state index in [0.717, 1.165) is 22.2 Å². The molecule has 0 bridgehead atoms. The Morgan fingerprint density at radius 2 is 1.86 bits per heavy atom. The van der Waals surface area contributed by atoms with Crippen molar-refractivity contribution in [3.8, 4) is 11.5 Å². The molecule has 2 aromatic carbocycles. The molecule has 3 amide bonds. The second-order valence-electron chi connectivity index (χ2n) is 7.49. The van der Waals surface area contributed by atoms with Gasteiger partial charge in [-0.1, -0.05) is 17.7 Å². The van der Waals surface area contributed by atoms with E-state index in [-0.39, 0.29) is 17.4 Å². The third-order valence-corrected chi connectivity index (χ3v) is 6.46. The summed E-state index contributed by atoms with van der Waals surface area (Å²) in [5.41, 5.74) is 2.28. The first-order valence-electron chi connectivity index (χ1n) is 10.4. The zero-order valence-electron chi connectivity index (χ0n) is 19.4. The van der Waals surface area contributed by atoms with Crippen molar-refractivity contribution in [2.45, 2.75) is 19.9 Å². The number of imide groups is 1. The molecule has 0 radical (unpaired) electrons. The Bertz CT molecular complexity index is 1200. The fraction of sp³-hybridized carbons (Fsp3) is 0.250. The number of thioether (sulfide) groups is 1. The summed E-state index contributed by atoms with van der Waals surface area (Å²) in [5.74, 6) is -1.01. The number of aryl methyl sites for hydroxylation is 1. The van der Waals surface area contributed by atoms with E-state index < -0.39 is 23.2 Å². The number of hydrogen-bond donors (Lipinski definition) is 1. The molecule has 0 aromatic heterocycles. The lowest BCUT2D eigenvalue weighted by molar-refractivity contribution is -0.148. The number of rotatable bonds is 8. The minimum absolute atomic E-state index is 0.144. The first-order valence-corrected chi connectivity index (χ1v) is 12.0. The molecule has 1 aliphatic heterocycles. The average molecular weight is 563 g/mol. The number of nitrogens with one attached hydrogen (secondary N) is 1. The van der Waals surface area contributed by atoms with Gasteiger partial charge in [0.05, 0.1) is 23.6 Å². The van der Waals surface area contributed by atoms with E-state index in [0.29, 0.717) is 27.2 Å². The van der Waals surface area contributed by atoms with E-state index in [1.807, 2.05) is 19.1 Å². The van der Waals surface area contributed by atoms with E-state index in [1.54, 1.807) is 24.3 Å². The highest BCUT2D eigenvalue weighted by molar-refractivity contribution is 9.10. The maximum atomic E-state index is 12.7. The number of carbonyl (C=O) groups excluding carboxylic acids is 4. The number of halogens is 1. The van der Waals surface area contributed by atoms with Crippen molar-refractivity contribution >= 4 is 62.5 Å². The van der Waals surface area contributed by atoms with Gasteiger partial charge in [-0.05, 0) is 77.4 Å². The molecule has 0 aliphatic carbocycles. The summed E-state index contributed by atoms with van der Waals surface area (Å²) in [6, 6.07) is 9.60. The Labute approximate surface area is 214 Å². The summed E-state index contributed by atoms with van der Waals surface area (Å²) < 4.78 is 16.2. The van der Waals surface area contributed by atoms with Crippen molar-refractivity contribution in [1.29, 1.82) is 0 Å². The number of methoxy groups -OCH3 is 2. The van der Waals surface area contributed by atoms with E-state index in [1.165, 1.54) is 27.2 Å². The lowest BCUT2D eigenvalue weighted by atomic mass is 10.1. The molecular weight excluding hydrogens is 540 g/mol. The zero-order valence-corrected chi connectivity index (χ0v) is 21.8. The highest BCUT2D eigenvalue weighted by Gasteiger charge is 2.41. The smallest absolute Gasteiger partial charge is 0.328 e. The van der Waals surface area contributed by atoms with Crippen LogP contribution in [-0.2, 0) is 19.1 Å². The van der Waals surface area contributed by atoms with Gasteiger partial charge in [-0.25, -0.2) is 4.79 Å². The van der Waals surface area contributed by atoms with Gasteiger partial charge in [0.25, 0.3) is 17.1 Å². The summed E-state index contributed by atoms with van der Waals surface area (Å²) in [6.07, 6.45) is 1.51. The van der Waals surface area contributed by atoms with Crippen molar-refractivity contribution in [2.75, 3.05) is 26.1 Å². The Morgan fingerprint density at radius 1 is 1.17 bits per heavy atom. The molecule has 1 saturated heterocycles. The first-order chi connectivity index (χ1) is 16.6. The molecule has 35 heavy (non-hydrogen) atoms. The Hall–Kier alpha value is -3.31. The predicted molar refractivity (Wildman–Crippen MR) is 135 cm³/mol. The molecular formula is C24H23BrN2O7S. The summed E-state index contributed by atoms with van der Waals surface area (Å²) in [7, 11) is 2.63. The largest absolute Gasteiger partial charge is 0.493 e. The van der Waals surface area contributed by atoms with Gasteiger partial charge in [0.2, 0.25) is 0 Å². The second kappa shape index (κ2) is 11.4. The molecule has 9 nitrogen and oxygen atoms in total. The van der Waals surface area contributed by atoms with Crippen LogP contribution < -0.4 is 14.8 Å². The molecule has 2 aromatic rings. The van der Waals surface area contributed by atoms with Crippen LogP contribution >= 0.6 is 27.7 Å². The topological polar surface area (TPSA) is 111 Å². The van der Waals surface area contributed by atoms with Crippen LogP contribution in [-0.4, -0.2) is 54.8 Å². The quantitative estimate of drug-likeness (QED) is 0.372. The van der Waals surface area contributed by atoms with Crippen LogP contribution in [0.4, 0.5) is 10.5 Å². The van der Waals surface area contributed by atoms with E-state index in [4.69, 9.17) is 9.47 Å². The summed E-state index contributed by atoms with van der Waals surface area (Å²) in [6.45, 7) is 3.12. The minimum Gasteiger partial charge on any atom is -0.493 e. The van der Waals surface area contributed by atoms with E-state index in [9.17, 15) is 19.2 Å². The standard InChI is InChI=1S/C24H23BrN2O7S/c1-13-5-7-16(8-6-13)26-20(28)12-34-21-17(25)9-15(10-18(21)32-3)11-19-22(29)27(24(31)35-19)14(2)23(30)33-4/h5-11,14H,12H2,1-4H3,(H,26,28)/b19-11+/t14-/m0/s1. The minimum atomic E-state index is -1.04. The third kappa shape index (κ3) is 6.23. The van der Waals surface area contributed by atoms with Gasteiger partial charge in [-0.15, -0.1) is 0 Å². The van der Waals surface area contributed by atoms with Gasteiger partial charge in [0.15, 0.2) is 18.1 Å². The van der Waals surface area contributed by atoms with Gasteiger partial charge >= 0.3 is 5.97 Å². The van der Waals surface area contributed by atoms with Crippen LogP contribution in [0.2, 0.25) is 0 Å². The Morgan fingerprint density at radius 3 is 2.49 bits per heavy atom. The normalized spacial score (nSPS) is 15.2. The van der Waals surface area contributed by atoms with Gasteiger partial charge in [-0.2, -0.15) is 0 Å². The number of hydrogen-bond acceptors (Lipinski definition) is 8. The van der Waals surface area contributed by atoms with Crippen LogP contribution in [0.15, 0.2) is 45.8 Å². The van der Waals surface area contributed by atoms with Gasteiger partial charge in [0, 0.05) is 5.69 Å². The molecule has 11 heteroatoms. The Balaban J connectivity index is 1.75. The van der Waals surface area contributed by atoms with Crippen molar-refractivity contribution in [2.24, 2.45) is 0 Å². The summed E-state index contributed by atoms with van der Waals surface area (Å²) in [4.78, 5) is 50.1. The molecule has 1 heterocycles. The van der Waals surface area contributed by atoms with Crippen molar-refractivity contribution in [1.82, 2.24) is 4.90 Å². The zero-order chi connectivity index (χ0) is 25.7. The fourth-order valence-electron chi connectivity index (χ4n) is 3.18. The maximum Gasteiger partial charge on any atom is 0.328 e. The second-order valence-corrected chi connectivity index (χ2v) is 9.34. The SMILES string of the molecule is COC(=O)[C@H](C)N1C(=O)S/C(=C/c2cc(Br)c(OCC(=O)Nc3ccc(C)cc3)c(OC)c2)C1=O. The predicted octanol–water partition coefficient (Wildman–Crippen LogP) is 4.38. The first kappa shape index (κ1) is 26.3. The third-order valence-electron chi connectivity index (χ3n) is 4.99. The molecule has 1 fully saturated rings. The van der Waals surface area contributed by atoms with Crippen LogP contribution in [0.1, 0.15) is 18.1 Å². The van der Waals surface area contributed by atoms with Crippen LogP contribution in [0.5, 0.6) is 11.5 Å². The highest BCUT2D eigenvalue weighted by Crippen LogP contribution is 2.39. The van der Waals surface area contributed by atoms with E-state index >= 15 is 0 Å². The van der Waals surface area contributed by atoms with Crippen molar-refractivity contribution < 1.29 is 33.4 Å². The van der Waals surface area contributed by atoms with Crippen molar-refractivity contribution in [3.05, 3.63) is 56.9 Å². The molecule has 1 N–H and O–H groups in total. The number of nitrogens with zero attached hydrogens (tertiary/aromatic N) is 1. The molecule has 0 spiro atoms. The molecule has 1 aliphatic rings. The van der Waals surface area contributed by atoms with Crippen molar-refractivity contribution in [3.63, 3.8) is 0 Å². The molecule has 184 valence electrons. The summed E-state index contributed by atoms with van der Waals surface area (Å²) in [5, 5.41) is 2.19. The van der Waals surface area contributed by atoms with E-state index in [2.05, 4.69) is 26.0 Å². The Kier molecular flexibility index (Phi) is 8.57. The van der Waals surface area contributed by atoms with Crippen LogP contribution in [0, 0.1) is 6.92 Å². The molecule has 1 atom stereocenters. The van der Waals surface area contributed by atoms with Gasteiger partial charge < -0.3 is 19.5 Å². The summed E-state index contributed by atoms with van der Waals surface area (Å²) >= 11 is 4.13. The van der Waals surface area contributed by atoms with Gasteiger partial charge in [0.1, 0.15) is 6.04 Å². The lowest BCUT2D eigenvalue weighted by Gasteiger charge is -2.18.